The van der Waals surface area contributed by atoms with Gasteiger partial charge in [-0.25, -0.2) is 9.78 Å². The highest BCUT2D eigenvalue weighted by atomic mass is 19.4. The number of ether oxygens (including phenoxy) is 1. The SMILES string of the molecule is O=C(O)c1ccc2c(OCC(F)(F)F)nccc2c1. The summed E-state index contributed by atoms with van der Waals surface area (Å²) in [6, 6.07) is 5.51. The molecule has 1 N–H and O–H groups in total. The van der Waals surface area contributed by atoms with Gasteiger partial charge < -0.3 is 9.84 Å². The van der Waals surface area contributed by atoms with Crippen LogP contribution in [0, 0.1) is 0 Å². The minimum absolute atomic E-state index is 0.0421. The van der Waals surface area contributed by atoms with Crippen LogP contribution in [0.1, 0.15) is 10.4 Å². The van der Waals surface area contributed by atoms with Crippen LogP contribution in [-0.2, 0) is 0 Å². The van der Waals surface area contributed by atoms with Crippen molar-refractivity contribution >= 4 is 16.7 Å². The van der Waals surface area contributed by atoms with Crippen molar-refractivity contribution in [3.05, 3.63) is 36.0 Å². The number of aromatic nitrogens is 1. The second kappa shape index (κ2) is 4.75. The van der Waals surface area contributed by atoms with E-state index in [0.29, 0.717) is 10.8 Å². The zero-order chi connectivity index (χ0) is 14.0. The van der Waals surface area contributed by atoms with Crippen molar-refractivity contribution in [3.8, 4) is 5.88 Å². The van der Waals surface area contributed by atoms with Gasteiger partial charge in [-0.1, -0.05) is 0 Å². The van der Waals surface area contributed by atoms with Crippen LogP contribution in [0.25, 0.3) is 10.8 Å². The van der Waals surface area contributed by atoms with Gasteiger partial charge in [0.1, 0.15) is 0 Å². The minimum atomic E-state index is -4.45. The Hall–Kier alpha value is -2.31. The summed E-state index contributed by atoms with van der Waals surface area (Å²) in [7, 11) is 0. The predicted molar refractivity (Wildman–Crippen MR) is 60.3 cm³/mol. The maximum Gasteiger partial charge on any atom is 0.422 e. The number of carbonyl (C=O) groups is 1. The first-order valence-electron chi connectivity index (χ1n) is 5.18. The third-order valence-corrected chi connectivity index (χ3v) is 2.35. The molecule has 0 spiro atoms. The topological polar surface area (TPSA) is 59.4 Å². The molecule has 0 bridgehead atoms. The third-order valence-electron chi connectivity index (χ3n) is 2.35. The zero-order valence-electron chi connectivity index (χ0n) is 9.44. The summed E-state index contributed by atoms with van der Waals surface area (Å²) in [6.07, 6.45) is -3.19. The van der Waals surface area contributed by atoms with E-state index in [-0.39, 0.29) is 11.4 Å². The van der Waals surface area contributed by atoms with E-state index in [2.05, 4.69) is 9.72 Å². The van der Waals surface area contributed by atoms with Gasteiger partial charge in [0.15, 0.2) is 6.61 Å². The summed E-state index contributed by atoms with van der Waals surface area (Å²) in [5, 5.41) is 9.61. The van der Waals surface area contributed by atoms with Crippen molar-refractivity contribution < 1.29 is 27.8 Å². The Bertz CT molecular complexity index is 625. The van der Waals surface area contributed by atoms with Gasteiger partial charge in [-0.15, -0.1) is 0 Å². The molecule has 0 amide bonds. The second-order valence-corrected chi connectivity index (χ2v) is 3.76. The number of fused-ring (bicyclic) bond motifs is 1. The third kappa shape index (κ3) is 3.12. The molecular weight excluding hydrogens is 263 g/mol. The first-order chi connectivity index (χ1) is 8.87. The molecule has 0 aliphatic heterocycles. The first-order valence-corrected chi connectivity index (χ1v) is 5.18. The lowest BCUT2D eigenvalue weighted by atomic mass is 10.1. The molecule has 2 aromatic rings. The Morgan fingerprint density at radius 2 is 2.05 bits per heavy atom. The summed E-state index contributed by atoms with van der Waals surface area (Å²) in [6.45, 7) is -1.44. The molecule has 0 aliphatic carbocycles. The number of alkyl halides is 3. The number of pyridine rings is 1. The average molecular weight is 271 g/mol. The number of nitrogens with zero attached hydrogens (tertiary/aromatic N) is 1. The molecule has 1 heterocycles. The molecule has 7 heteroatoms. The average Bonchev–Trinajstić information content (AvgIpc) is 2.34. The lowest BCUT2D eigenvalue weighted by Gasteiger charge is -2.10. The van der Waals surface area contributed by atoms with Gasteiger partial charge in [0.25, 0.3) is 0 Å². The fraction of sp³-hybridized carbons (Fsp3) is 0.167. The van der Waals surface area contributed by atoms with Gasteiger partial charge in [-0.2, -0.15) is 13.2 Å². The monoisotopic (exact) mass is 271 g/mol. The van der Waals surface area contributed by atoms with Crippen LogP contribution in [0.15, 0.2) is 30.5 Å². The van der Waals surface area contributed by atoms with Crippen molar-refractivity contribution in [1.82, 2.24) is 4.98 Å². The van der Waals surface area contributed by atoms with Gasteiger partial charge in [0.05, 0.1) is 5.56 Å². The van der Waals surface area contributed by atoms with Gasteiger partial charge in [0, 0.05) is 11.6 Å². The van der Waals surface area contributed by atoms with Crippen LogP contribution < -0.4 is 4.74 Å². The Kier molecular flexibility index (Phi) is 3.28. The lowest BCUT2D eigenvalue weighted by molar-refractivity contribution is -0.153. The number of carboxylic acids is 1. The quantitative estimate of drug-likeness (QED) is 0.932. The Morgan fingerprint density at radius 3 is 2.68 bits per heavy atom. The fourth-order valence-corrected chi connectivity index (χ4v) is 1.55. The molecule has 0 saturated heterocycles. The van der Waals surface area contributed by atoms with E-state index in [1.54, 1.807) is 0 Å². The van der Waals surface area contributed by atoms with Crippen LogP contribution in [0.4, 0.5) is 13.2 Å². The molecule has 0 fully saturated rings. The minimum Gasteiger partial charge on any atom is -0.478 e. The van der Waals surface area contributed by atoms with Gasteiger partial charge in [-0.05, 0) is 29.7 Å². The normalized spacial score (nSPS) is 11.5. The molecule has 1 aromatic heterocycles. The second-order valence-electron chi connectivity index (χ2n) is 3.76. The number of carboxylic acid groups (broad SMARTS) is 1. The number of aromatic carboxylic acids is 1. The largest absolute Gasteiger partial charge is 0.478 e. The number of hydrogen-bond donors (Lipinski definition) is 1. The lowest BCUT2D eigenvalue weighted by Crippen LogP contribution is -2.19. The van der Waals surface area contributed by atoms with E-state index in [4.69, 9.17) is 5.11 Å². The van der Waals surface area contributed by atoms with Crippen molar-refractivity contribution in [2.45, 2.75) is 6.18 Å². The van der Waals surface area contributed by atoms with Crippen LogP contribution in [-0.4, -0.2) is 28.8 Å². The Balaban J connectivity index is 2.38. The van der Waals surface area contributed by atoms with Crippen LogP contribution >= 0.6 is 0 Å². The van der Waals surface area contributed by atoms with Crippen LogP contribution in [0.3, 0.4) is 0 Å². The molecule has 0 radical (unpaired) electrons. The van der Waals surface area contributed by atoms with E-state index in [1.807, 2.05) is 0 Å². The summed E-state index contributed by atoms with van der Waals surface area (Å²) in [4.78, 5) is 14.5. The predicted octanol–water partition coefficient (Wildman–Crippen LogP) is 2.87. The first kappa shape index (κ1) is 13.1. The van der Waals surface area contributed by atoms with Crippen LogP contribution in [0.2, 0.25) is 0 Å². The van der Waals surface area contributed by atoms with Crippen molar-refractivity contribution in [1.29, 1.82) is 0 Å². The number of benzene rings is 1. The summed E-state index contributed by atoms with van der Waals surface area (Å²) < 4.78 is 40.8. The van der Waals surface area contributed by atoms with Gasteiger partial charge >= 0.3 is 12.1 Å². The molecule has 0 atom stereocenters. The molecule has 19 heavy (non-hydrogen) atoms. The maximum atomic E-state index is 12.1. The molecule has 2 rings (SSSR count). The number of hydrogen-bond acceptors (Lipinski definition) is 3. The molecular formula is C12H8F3NO3. The highest BCUT2D eigenvalue weighted by molar-refractivity contribution is 5.95. The highest BCUT2D eigenvalue weighted by Gasteiger charge is 2.29. The molecule has 0 aliphatic rings. The van der Waals surface area contributed by atoms with Crippen molar-refractivity contribution in [3.63, 3.8) is 0 Å². The van der Waals surface area contributed by atoms with E-state index < -0.39 is 18.8 Å². The van der Waals surface area contributed by atoms with E-state index in [0.717, 1.165) is 0 Å². The smallest absolute Gasteiger partial charge is 0.422 e. The highest BCUT2D eigenvalue weighted by Crippen LogP contribution is 2.26. The number of halogens is 3. The van der Waals surface area contributed by atoms with Gasteiger partial charge in [-0.3, -0.25) is 0 Å². The summed E-state index contributed by atoms with van der Waals surface area (Å²) in [5.41, 5.74) is 0.0421. The van der Waals surface area contributed by atoms with Crippen LogP contribution in [0.5, 0.6) is 5.88 Å². The summed E-state index contributed by atoms with van der Waals surface area (Å²) in [5.74, 6) is -1.29. The van der Waals surface area contributed by atoms with Gasteiger partial charge in [0.2, 0.25) is 5.88 Å². The molecule has 0 unspecified atom stereocenters. The maximum absolute atomic E-state index is 12.1. The zero-order valence-corrected chi connectivity index (χ0v) is 9.44. The Labute approximate surface area is 105 Å². The molecule has 1 aromatic carbocycles. The number of rotatable bonds is 3. The molecule has 0 saturated carbocycles. The fourth-order valence-electron chi connectivity index (χ4n) is 1.55. The van der Waals surface area contributed by atoms with E-state index in [1.165, 1.54) is 30.5 Å². The Morgan fingerprint density at radius 1 is 1.32 bits per heavy atom. The molecule has 4 nitrogen and oxygen atoms in total. The van der Waals surface area contributed by atoms with Crippen molar-refractivity contribution in [2.24, 2.45) is 0 Å². The van der Waals surface area contributed by atoms with E-state index in [9.17, 15) is 18.0 Å². The summed E-state index contributed by atoms with van der Waals surface area (Å²) >= 11 is 0. The van der Waals surface area contributed by atoms with Crippen molar-refractivity contribution in [2.75, 3.05) is 6.61 Å². The van der Waals surface area contributed by atoms with E-state index >= 15 is 0 Å². The molecule has 100 valence electrons. The standard InChI is InChI=1S/C12H8F3NO3/c13-12(14,15)6-19-10-9-2-1-8(11(17)18)5-7(9)3-4-16-10/h1-5H,6H2,(H,17,18).